The molecule has 0 aromatic heterocycles. The van der Waals surface area contributed by atoms with Gasteiger partial charge in [0.1, 0.15) is 0 Å². The molecule has 21 heavy (non-hydrogen) atoms. The summed E-state index contributed by atoms with van der Waals surface area (Å²) in [5.41, 5.74) is 4.91. The van der Waals surface area contributed by atoms with E-state index in [2.05, 4.69) is 5.32 Å². The number of carbonyl (C=O) groups excluding carboxylic acids is 1. The van der Waals surface area contributed by atoms with Crippen molar-refractivity contribution < 1.29 is 19.0 Å². The number of hydrogen-bond donors (Lipinski definition) is 2. The molecule has 0 fully saturated rings. The van der Waals surface area contributed by atoms with E-state index in [1.54, 1.807) is 7.11 Å². The van der Waals surface area contributed by atoms with Crippen molar-refractivity contribution in [2.45, 2.75) is 40.2 Å². The first-order valence-corrected chi connectivity index (χ1v) is 6.98. The van der Waals surface area contributed by atoms with Gasteiger partial charge in [0.05, 0.1) is 32.0 Å². The summed E-state index contributed by atoms with van der Waals surface area (Å²) in [6.07, 6.45) is 1.49. The molecule has 0 spiro atoms. The van der Waals surface area contributed by atoms with Crippen LogP contribution < -0.4 is 11.1 Å². The molecule has 0 atom stereocenters. The van der Waals surface area contributed by atoms with Crippen LogP contribution in [0.15, 0.2) is 0 Å². The van der Waals surface area contributed by atoms with Crippen molar-refractivity contribution >= 4 is 6.41 Å². The zero-order valence-electron chi connectivity index (χ0n) is 14.2. The van der Waals surface area contributed by atoms with Crippen LogP contribution in [0.5, 0.6) is 0 Å². The number of nitrogens with two attached hydrogens (primary N) is 1. The molecule has 0 aliphatic heterocycles. The van der Waals surface area contributed by atoms with Crippen molar-refractivity contribution in [2.75, 3.05) is 46.6 Å². The van der Waals surface area contributed by atoms with Crippen LogP contribution in [0.2, 0.25) is 0 Å². The summed E-state index contributed by atoms with van der Waals surface area (Å²) in [6, 6.07) is 0. The summed E-state index contributed by atoms with van der Waals surface area (Å²) in [4.78, 5) is 9.27. The molecule has 0 rings (SSSR count). The average Bonchev–Trinajstić information content (AvgIpc) is 2.42. The topological polar surface area (TPSA) is 82.8 Å². The maximum Gasteiger partial charge on any atom is 0.0707 e. The fourth-order valence-electron chi connectivity index (χ4n) is 0.774. The van der Waals surface area contributed by atoms with Crippen LogP contribution in [0.25, 0.3) is 0 Å². The Balaban J connectivity index is -0.000000137. The SMILES string of the molecule is CC.COCCOCCOC(C)(C)C.NCCN[C-]=O.[Fm]. The van der Waals surface area contributed by atoms with Gasteiger partial charge in [-0.1, -0.05) is 13.8 Å². The zero-order valence-corrected chi connectivity index (χ0v) is 16.6. The first-order chi connectivity index (χ1) is 9.47. The van der Waals surface area contributed by atoms with E-state index in [1.807, 2.05) is 34.6 Å². The third-order valence-corrected chi connectivity index (χ3v) is 1.54. The Labute approximate surface area is 124 Å². The molecule has 0 saturated heterocycles. The second-order valence-corrected chi connectivity index (χ2v) is 4.38. The van der Waals surface area contributed by atoms with E-state index in [0.29, 0.717) is 39.5 Å². The van der Waals surface area contributed by atoms with Crippen LogP contribution in [0, 0.1) is 0 Å². The molecule has 7 heteroatoms. The van der Waals surface area contributed by atoms with Gasteiger partial charge in [0.2, 0.25) is 0 Å². The Morgan fingerprint density at radius 1 is 1.10 bits per heavy atom. The zero-order chi connectivity index (χ0) is 16.3. The molecule has 3 N–H and O–H groups in total. The van der Waals surface area contributed by atoms with Gasteiger partial charge >= 0.3 is 0 Å². The van der Waals surface area contributed by atoms with E-state index in [4.69, 9.17) is 19.9 Å². The van der Waals surface area contributed by atoms with Gasteiger partial charge in [-0.05, 0) is 27.3 Å². The second-order valence-electron chi connectivity index (χ2n) is 4.38. The Morgan fingerprint density at radius 2 is 1.62 bits per heavy atom. The summed E-state index contributed by atoms with van der Waals surface area (Å²) in [6.45, 7) is 13.7. The molecule has 0 saturated carbocycles. The van der Waals surface area contributed by atoms with Crippen molar-refractivity contribution in [1.29, 1.82) is 0 Å². The first-order valence-electron chi connectivity index (χ1n) is 6.98. The molecule has 0 bridgehead atoms. The number of nitrogens with one attached hydrogen (secondary N) is 1. The molecule has 0 aromatic carbocycles. The maximum absolute atomic E-state index is 9.27. The number of amides is 1. The second kappa shape index (κ2) is 23.4. The molecule has 0 aliphatic rings. The average molecular weight is 550 g/mol. The van der Waals surface area contributed by atoms with Crippen LogP contribution in [0.4, 0.5) is 0 Å². The van der Waals surface area contributed by atoms with Gasteiger partial charge in [0, 0.05) is 13.7 Å². The predicted octanol–water partition coefficient (Wildman–Crippen LogP) is 1.09. The molecule has 0 heterocycles. The quantitative estimate of drug-likeness (QED) is 0.255. The monoisotopic (exact) mass is 550 g/mol. The van der Waals surface area contributed by atoms with Gasteiger partial charge in [-0.2, -0.15) is 6.41 Å². The smallest absolute Gasteiger partial charge is 0.0707 e. The largest absolute Gasteiger partial charge is 0.529 e. The van der Waals surface area contributed by atoms with Crippen molar-refractivity contribution in [3.05, 3.63) is 0 Å². The number of ether oxygens (including phenoxy) is 3. The van der Waals surface area contributed by atoms with Crippen LogP contribution in [0.1, 0.15) is 34.6 Å². The Hall–Kier alpha value is -1.69. The van der Waals surface area contributed by atoms with Gasteiger partial charge in [-0.15, -0.1) is 0 Å². The Morgan fingerprint density at radius 3 is 1.95 bits per heavy atom. The molecule has 0 aliphatic carbocycles. The molecule has 136 valence electrons. The van der Waals surface area contributed by atoms with Crippen molar-refractivity contribution in [2.24, 2.45) is 5.73 Å². The van der Waals surface area contributed by atoms with Gasteiger partial charge in [0.25, 0.3) is 0 Å². The van der Waals surface area contributed by atoms with Crippen molar-refractivity contribution in [1.82, 2.24) is 5.32 Å². The third-order valence-electron chi connectivity index (χ3n) is 1.54. The normalized spacial score (nSPS) is 9.29. The van der Waals surface area contributed by atoms with Crippen LogP contribution in [0.3, 0.4) is 0 Å². The number of rotatable bonds is 9. The van der Waals surface area contributed by atoms with Crippen LogP contribution >= 0.6 is 0 Å². The molecule has 0 radical (unpaired) electrons. The molecular formula is C14H33FmN2O4-. The van der Waals surface area contributed by atoms with E-state index in [0.717, 1.165) is 0 Å². The van der Waals surface area contributed by atoms with Gasteiger partial charge in [0.15, 0.2) is 0 Å². The Kier molecular flexibility index (Phi) is 30.8. The van der Waals surface area contributed by atoms with E-state index in [1.165, 1.54) is 6.41 Å². The summed E-state index contributed by atoms with van der Waals surface area (Å²) in [5, 5.41) is 2.27. The van der Waals surface area contributed by atoms with Crippen molar-refractivity contribution in [3.8, 4) is 0 Å². The van der Waals surface area contributed by atoms with E-state index >= 15 is 0 Å². The predicted molar refractivity (Wildman–Crippen MR) is 82.5 cm³/mol. The minimum Gasteiger partial charge on any atom is -0.529 e. The minimum absolute atomic E-state index is 0. The standard InChI is InChI=1S/C9H20O3.C3H7N2O.C2H6.Fm/c1-9(2,3)12-8-7-11-6-5-10-4;4-1-2-5-3-6;1-2;/h5-8H2,1-4H3;1-2,4H2,(H,5,6);1-2H3;/q;-1;;. The number of methoxy groups -OCH3 is 1. The molecule has 6 nitrogen and oxygen atoms in total. The van der Waals surface area contributed by atoms with Crippen LogP contribution in [-0.4, -0.2) is 58.6 Å². The minimum atomic E-state index is -0.0649. The summed E-state index contributed by atoms with van der Waals surface area (Å²) in [7, 11) is 1.66. The van der Waals surface area contributed by atoms with Gasteiger partial charge in [-0.3, -0.25) is 0 Å². The molecule has 0 unspecified atom stereocenters. The third kappa shape index (κ3) is 45.8. The van der Waals surface area contributed by atoms with Crippen LogP contribution in [-0.2, 0) is 19.0 Å². The summed E-state index contributed by atoms with van der Waals surface area (Å²) >= 11 is 0. The van der Waals surface area contributed by atoms with Gasteiger partial charge < -0.3 is 30.1 Å². The fraction of sp³-hybridized carbons (Fsp3) is 0.929. The molecular weight excluding hydrogens is 517 g/mol. The summed E-state index contributed by atoms with van der Waals surface area (Å²) < 4.78 is 15.5. The Bertz CT molecular complexity index is 179. The summed E-state index contributed by atoms with van der Waals surface area (Å²) in [5.74, 6) is 0. The van der Waals surface area contributed by atoms with E-state index in [-0.39, 0.29) is 5.60 Å². The van der Waals surface area contributed by atoms with E-state index < -0.39 is 0 Å². The first kappa shape index (κ1) is 27.6. The molecule has 0 aromatic rings. The fourth-order valence-corrected chi connectivity index (χ4v) is 0.774. The molecule has 1 amide bonds. The number of hydrogen-bond acceptors (Lipinski definition) is 5. The van der Waals surface area contributed by atoms with Gasteiger partial charge in [-0.25, -0.2) is 0 Å². The van der Waals surface area contributed by atoms with Crippen molar-refractivity contribution in [3.63, 3.8) is 0 Å². The van der Waals surface area contributed by atoms with E-state index in [9.17, 15) is 4.79 Å². The maximum atomic E-state index is 9.27.